The van der Waals surface area contributed by atoms with E-state index >= 15 is 0 Å². The summed E-state index contributed by atoms with van der Waals surface area (Å²) in [5.74, 6) is 0.645. The molecule has 2 aromatic carbocycles. The molecule has 3 aromatic rings. The Morgan fingerprint density at radius 2 is 1.95 bits per heavy atom. The fraction of sp³-hybridized carbons (Fsp3) is 0.467. The molecule has 1 aromatic heterocycles. The molecule has 0 saturated carbocycles. The quantitative estimate of drug-likeness (QED) is 0.244. The molecule has 0 saturated heterocycles. The summed E-state index contributed by atoms with van der Waals surface area (Å²) in [6.07, 6.45) is 6.68. The first kappa shape index (κ1) is 29.8. The number of amides is 1. The van der Waals surface area contributed by atoms with Crippen LogP contribution in [0.1, 0.15) is 49.8 Å². The SMILES string of the molecule is Cc1cccc(OCCCC(=O)N2CCCc3c(-c4cnn(C(C)(C)CNCCS(=O)(=O)O)c4)cccc32)c1C. The van der Waals surface area contributed by atoms with Crippen molar-refractivity contribution < 1.29 is 22.5 Å². The van der Waals surface area contributed by atoms with Gasteiger partial charge in [-0.15, -0.1) is 0 Å². The van der Waals surface area contributed by atoms with Gasteiger partial charge in [0.15, 0.2) is 0 Å². The lowest BCUT2D eigenvalue weighted by Gasteiger charge is -2.31. The molecule has 9 nitrogen and oxygen atoms in total. The number of nitrogens with one attached hydrogen (secondary N) is 1. The van der Waals surface area contributed by atoms with Crippen molar-refractivity contribution in [1.29, 1.82) is 0 Å². The van der Waals surface area contributed by atoms with Gasteiger partial charge in [0.25, 0.3) is 10.1 Å². The van der Waals surface area contributed by atoms with Crippen molar-refractivity contribution in [2.75, 3.05) is 36.9 Å². The molecule has 40 heavy (non-hydrogen) atoms. The van der Waals surface area contributed by atoms with Gasteiger partial charge in [-0.1, -0.05) is 24.3 Å². The van der Waals surface area contributed by atoms with Gasteiger partial charge in [0.1, 0.15) is 5.75 Å². The number of hydrogen-bond acceptors (Lipinski definition) is 6. The molecule has 2 heterocycles. The predicted molar refractivity (Wildman–Crippen MR) is 158 cm³/mol. The molecule has 0 fully saturated rings. The van der Waals surface area contributed by atoms with Gasteiger partial charge in [-0.05, 0) is 81.3 Å². The van der Waals surface area contributed by atoms with E-state index < -0.39 is 15.7 Å². The van der Waals surface area contributed by atoms with Crippen molar-refractivity contribution >= 4 is 21.7 Å². The van der Waals surface area contributed by atoms with Crippen LogP contribution in [0.25, 0.3) is 11.1 Å². The summed E-state index contributed by atoms with van der Waals surface area (Å²) in [5, 5.41) is 7.68. The molecule has 4 rings (SSSR count). The third-order valence-corrected chi connectivity index (χ3v) is 8.23. The first-order valence-corrected chi connectivity index (χ1v) is 15.4. The Hall–Kier alpha value is -3.21. The van der Waals surface area contributed by atoms with E-state index in [1.807, 2.05) is 67.0 Å². The molecule has 0 spiro atoms. The normalized spacial score (nSPS) is 13.8. The molecule has 1 amide bonds. The highest BCUT2D eigenvalue weighted by Crippen LogP contribution is 2.36. The number of carbonyl (C=O) groups is 1. The minimum absolute atomic E-state index is 0.107. The lowest BCUT2D eigenvalue weighted by molar-refractivity contribution is -0.118. The van der Waals surface area contributed by atoms with E-state index in [0.29, 0.717) is 32.5 Å². The van der Waals surface area contributed by atoms with Crippen molar-refractivity contribution in [1.82, 2.24) is 15.1 Å². The maximum Gasteiger partial charge on any atom is 0.266 e. The highest BCUT2D eigenvalue weighted by Gasteiger charge is 2.26. The minimum Gasteiger partial charge on any atom is -0.493 e. The summed E-state index contributed by atoms with van der Waals surface area (Å²) in [6, 6.07) is 12.1. The van der Waals surface area contributed by atoms with E-state index in [1.54, 1.807) is 0 Å². The molecule has 0 bridgehead atoms. The van der Waals surface area contributed by atoms with E-state index in [2.05, 4.69) is 29.5 Å². The number of hydrogen-bond donors (Lipinski definition) is 2. The highest BCUT2D eigenvalue weighted by molar-refractivity contribution is 7.85. The lowest BCUT2D eigenvalue weighted by atomic mass is 9.93. The van der Waals surface area contributed by atoms with Crippen molar-refractivity contribution in [2.45, 2.75) is 58.9 Å². The van der Waals surface area contributed by atoms with Crippen molar-refractivity contribution in [3.05, 3.63) is 65.5 Å². The van der Waals surface area contributed by atoms with Crippen LogP contribution in [-0.4, -0.2) is 60.7 Å². The van der Waals surface area contributed by atoms with Gasteiger partial charge in [0.2, 0.25) is 5.91 Å². The molecule has 10 heteroatoms. The number of anilines is 1. The molecule has 0 radical (unpaired) electrons. The average molecular weight is 569 g/mol. The summed E-state index contributed by atoms with van der Waals surface area (Å²) in [4.78, 5) is 15.2. The van der Waals surface area contributed by atoms with Crippen molar-refractivity contribution in [3.8, 4) is 16.9 Å². The Labute approximate surface area is 237 Å². The summed E-state index contributed by atoms with van der Waals surface area (Å²) in [6.45, 7) is 9.97. The molecular weight excluding hydrogens is 528 g/mol. The second-order valence-electron chi connectivity index (χ2n) is 11.1. The average Bonchev–Trinajstić information content (AvgIpc) is 3.41. The second-order valence-corrected chi connectivity index (χ2v) is 12.6. The van der Waals surface area contributed by atoms with Gasteiger partial charge in [-0.25, -0.2) is 0 Å². The van der Waals surface area contributed by atoms with E-state index in [9.17, 15) is 13.2 Å². The van der Waals surface area contributed by atoms with Gasteiger partial charge < -0.3 is 15.0 Å². The third kappa shape index (κ3) is 7.30. The lowest BCUT2D eigenvalue weighted by Crippen LogP contribution is -2.40. The highest BCUT2D eigenvalue weighted by atomic mass is 32.2. The fourth-order valence-corrected chi connectivity index (χ4v) is 5.45. The van der Waals surface area contributed by atoms with Crippen LogP contribution in [0.4, 0.5) is 5.69 Å². The second kappa shape index (κ2) is 12.5. The van der Waals surface area contributed by atoms with Gasteiger partial charge in [0.05, 0.1) is 24.1 Å². The Morgan fingerprint density at radius 1 is 1.18 bits per heavy atom. The smallest absolute Gasteiger partial charge is 0.266 e. The van der Waals surface area contributed by atoms with Crippen LogP contribution in [0, 0.1) is 13.8 Å². The van der Waals surface area contributed by atoms with Crippen LogP contribution >= 0.6 is 0 Å². The van der Waals surface area contributed by atoms with E-state index in [4.69, 9.17) is 9.29 Å². The summed E-state index contributed by atoms with van der Waals surface area (Å²) in [7, 11) is -4.00. The predicted octanol–water partition coefficient (Wildman–Crippen LogP) is 4.52. The maximum atomic E-state index is 13.3. The first-order valence-electron chi connectivity index (χ1n) is 13.8. The minimum atomic E-state index is -4.00. The molecule has 216 valence electrons. The molecule has 0 unspecified atom stereocenters. The van der Waals surface area contributed by atoms with Gasteiger partial charge in [-0.2, -0.15) is 13.5 Å². The van der Waals surface area contributed by atoms with Crippen LogP contribution in [-0.2, 0) is 26.9 Å². The Morgan fingerprint density at radius 3 is 2.73 bits per heavy atom. The zero-order valence-corrected chi connectivity index (χ0v) is 24.6. The Bertz CT molecular complexity index is 1450. The van der Waals surface area contributed by atoms with Crippen LogP contribution in [0.3, 0.4) is 0 Å². The molecular formula is C30H40N4O5S. The number of nitrogens with zero attached hydrogens (tertiary/aromatic N) is 3. The number of carbonyl (C=O) groups excluding carboxylic acids is 1. The first-order chi connectivity index (χ1) is 19.0. The van der Waals surface area contributed by atoms with E-state index in [0.717, 1.165) is 46.5 Å². The molecule has 0 atom stereocenters. The van der Waals surface area contributed by atoms with Crippen LogP contribution < -0.4 is 15.0 Å². The Kier molecular flexibility index (Phi) is 9.33. The van der Waals surface area contributed by atoms with Gasteiger partial charge in [-0.3, -0.25) is 14.0 Å². The topological polar surface area (TPSA) is 114 Å². The van der Waals surface area contributed by atoms with Crippen molar-refractivity contribution in [2.24, 2.45) is 0 Å². The summed E-state index contributed by atoms with van der Waals surface area (Å²) in [5.41, 5.74) is 6.05. The van der Waals surface area contributed by atoms with Crippen molar-refractivity contribution in [3.63, 3.8) is 0 Å². The number of benzene rings is 2. The third-order valence-electron chi connectivity index (χ3n) is 7.51. The molecule has 1 aliphatic rings. The molecule has 2 N–H and O–H groups in total. The number of aryl methyl sites for hydroxylation is 1. The number of rotatable bonds is 12. The summed E-state index contributed by atoms with van der Waals surface area (Å²) < 4.78 is 38.7. The largest absolute Gasteiger partial charge is 0.493 e. The molecule has 0 aliphatic carbocycles. The fourth-order valence-electron chi connectivity index (χ4n) is 5.04. The Balaban J connectivity index is 1.40. The zero-order chi connectivity index (χ0) is 28.9. The zero-order valence-electron chi connectivity index (χ0n) is 23.8. The number of aromatic nitrogens is 2. The summed E-state index contributed by atoms with van der Waals surface area (Å²) >= 11 is 0. The van der Waals surface area contributed by atoms with Crippen LogP contribution in [0.5, 0.6) is 5.75 Å². The van der Waals surface area contributed by atoms with Crippen LogP contribution in [0.15, 0.2) is 48.8 Å². The van der Waals surface area contributed by atoms with E-state index in [1.165, 1.54) is 5.56 Å². The molecule has 1 aliphatic heterocycles. The number of fused-ring (bicyclic) bond motifs is 1. The van der Waals surface area contributed by atoms with Crippen LogP contribution in [0.2, 0.25) is 0 Å². The maximum absolute atomic E-state index is 13.3. The number of ether oxygens (including phenoxy) is 1. The van der Waals surface area contributed by atoms with E-state index in [-0.39, 0.29) is 18.2 Å². The van der Waals surface area contributed by atoms with Gasteiger partial charge >= 0.3 is 0 Å². The van der Waals surface area contributed by atoms with Gasteiger partial charge in [0, 0.05) is 43.5 Å². The monoisotopic (exact) mass is 568 g/mol. The standard InChI is InChI=1S/C30H40N4O5S/c1-22-9-5-13-28(23(22)2)39-17-8-14-29(35)33-16-7-11-26-25(10-6-12-27(26)33)24-19-32-34(20-24)30(3,4)21-31-15-18-40(36,37)38/h5-6,9-10,12-13,19-20,31H,7-8,11,14-18,21H2,1-4H3,(H,36,37,38).